The predicted octanol–water partition coefficient (Wildman–Crippen LogP) is 3.03. The van der Waals surface area contributed by atoms with E-state index < -0.39 is 5.41 Å². The van der Waals surface area contributed by atoms with Crippen LogP contribution >= 0.6 is 0 Å². The monoisotopic (exact) mass is 402 g/mol. The Kier molecular flexibility index (Phi) is 4.57. The van der Waals surface area contributed by atoms with Crippen molar-refractivity contribution >= 4 is 5.91 Å². The third-order valence-corrected chi connectivity index (χ3v) is 6.52. The molecule has 2 heterocycles. The number of nitrogens with zero attached hydrogens (tertiary/aromatic N) is 4. The molecule has 6 heteroatoms. The highest BCUT2D eigenvalue weighted by atomic mass is 16.2. The van der Waals surface area contributed by atoms with Crippen molar-refractivity contribution in [2.45, 2.75) is 43.7 Å². The van der Waals surface area contributed by atoms with Crippen LogP contribution in [0.4, 0.5) is 0 Å². The van der Waals surface area contributed by atoms with Gasteiger partial charge >= 0.3 is 5.69 Å². The molecule has 2 aromatic carbocycles. The Hall–Kier alpha value is -3.15. The Bertz CT molecular complexity index is 1110. The minimum Gasteiger partial charge on any atom is -0.332 e. The van der Waals surface area contributed by atoms with Crippen LogP contribution in [0.2, 0.25) is 0 Å². The lowest BCUT2D eigenvalue weighted by molar-refractivity contribution is -0.135. The number of carbonyl (C=O) groups is 1. The number of hydrogen-bond donors (Lipinski definition) is 0. The Balaban J connectivity index is 1.48. The van der Waals surface area contributed by atoms with E-state index in [9.17, 15) is 9.59 Å². The van der Waals surface area contributed by atoms with Gasteiger partial charge in [0.25, 0.3) is 0 Å². The minimum absolute atomic E-state index is 0.141. The highest BCUT2D eigenvalue weighted by Crippen LogP contribution is 2.51. The summed E-state index contributed by atoms with van der Waals surface area (Å²) in [6.45, 7) is 1.18. The molecule has 0 radical (unpaired) electrons. The summed E-state index contributed by atoms with van der Waals surface area (Å²) in [7, 11) is 1.68. The fourth-order valence-corrected chi connectivity index (χ4v) is 4.75. The van der Waals surface area contributed by atoms with Gasteiger partial charge in [-0.2, -0.15) is 5.10 Å². The molecular formula is C24H26N4O2. The summed E-state index contributed by atoms with van der Waals surface area (Å²) in [5.41, 5.74) is 1.61. The van der Waals surface area contributed by atoms with E-state index in [0.717, 1.165) is 36.8 Å². The minimum atomic E-state index is -0.400. The van der Waals surface area contributed by atoms with Crippen molar-refractivity contribution < 1.29 is 4.79 Å². The van der Waals surface area contributed by atoms with E-state index in [1.54, 1.807) is 11.6 Å². The zero-order valence-corrected chi connectivity index (χ0v) is 17.2. The molecule has 154 valence electrons. The normalized spacial score (nSPS) is 19.8. The van der Waals surface area contributed by atoms with Crippen LogP contribution in [0.3, 0.4) is 0 Å². The molecule has 30 heavy (non-hydrogen) atoms. The van der Waals surface area contributed by atoms with Crippen LogP contribution in [0, 0.1) is 0 Å². The maximum Gasteiger partial charge on any atom is 0.346 e. The lowest BCUT2D eigenvalue weighted by atomic mass is 9.94. The summed E-state index contributed by atoms with van der Waals surface area (Å²) in [6, 6.07) is 19.9. The molecule has 1 saturated heterocycles. The molecule has 1 amide bonds. The molecule has 1 aliphatic heterocycles. The van der Waals surface area contributed by atoms with E-state index in [0.29, 0.717) is 18.9 Å². The van der Waals surface area contributed by atoms with Crippen LogP contribution in [0.25, 0.3) is 0 Å². The fourth-order valence-electron chi connectivity index (χ4n) is 4.75. The van der Waals surface area contributed by atoms with Gasteiger partial charge in [0.1, 0.15) is 0 Å². The average Bonchev–Trinajstić information content (AvgIpc) is 3.38. The maximum atomic E-state index is 13.7. The maximum absolute atomic E-state index is 13.7. The van der Waals surface area contributed by atoms with Gasteiger partial charge in [-0.25, -0.2) is 9.48 Å². The van der Waals surface area contributed by atoms with Crippen molar-refractivity contribution in [3.8, 4) is 0 Å². The molecule has 0 N–H and O–H groups in total. The van der Waals surface area contributed by atoms with Crippen LogP contribution in [-0.4, -0.2) is 31.7 Å². The second-order valence-corrected chi connectivity index (χ2v) is 8.44. The largest absolute Gasteiger partial charge is 0.346 e. The number of aryl methyl sites for hydroxylation is 1. The van der Waals surface area contributed by atoms with E-state index in [4.69, 9.17) is 0 Å². The van der Waals surface area contributed by atoms with Crippen LogP contribution in [-0.2, 0) is 23.8 Å². The van der Waals surface area contributed by atoms with Gasteiger partial charge in [0, 0.05) is 13.6 Å². The van der Waals surface area contributed by atoms with E-state index in [1.807, 2.05) is 53.4 Å². The summed E-state index contributed by atoms with van der Waals surface area (Å²) < 4.78 is 3.12. The average molecular weight is 402 g/mol. The second-order valence-electron chi connectivity index (χ2n) is 8.44. The number of hydrogen-bond acceptors (Lipinski definition) is 3. The third-order valence-electron chi connectivity index (χ3n) is 6.52. The Labute approximate surface area is 175 Å². The van der Waals surface area contributed by atoms with Crippen molar-refractivity contribution in [2.24, 2.45) is 7.05 Å². The lowest BCUT2D eigenvalue weighted by Crippen LogP contribution is -2.40. The number of aromatic nitrogens is 3. The van der Waals surface area contributed by atoms with Gasteiger partial charge < -0.3 is 4.90 Å². The smallest absolute Gasteiger partial charge is 0.332 e. The van der Waals surface area contributed by atoms with Crippen LogP contribution in [0.5, 0.6) is 0 Å². The number of amides is 1. The van der Waals surface area contributed by atoms with Crippen LogP contribution in [0.15, 0.2) is 65.5 Å². The van der Waals surface area contributed by atoms with Crippen LogP contribution < -0.4 is 5.69 Å². The van der Waals surface area contributed by atoms with E-state index >= 15 is 0 Å². The molecule has 2 aliphatic rings. The Morgan fingerprint density at radius 1 is 1.07 bits per heavy atom. The summed E-state index contributed by atoms with van der Waals surface area (Å²) in [4.78, 5) is 28.5. The van der Waals surface area contributed by atoms with Crippen molar-refractivity contribution in [3.63, 3.8) is 0 Å². The summed E-state index contributed by atoms with van der Waals surface area (Å²) in [5, 5.41) is 4.57. The summed E-state index contributed by atoms with van der Waals surface area (Å²) in [5.74, 6) is 0.877. The SMILES string of the molecule is Cn1nc(C2CCCN2C(=O)C2(c3ccccc3)CC2)n(Cc2ccccc2)c1=O. The van der Waals surface area contributed by atoms with Gasteiger partial charge in [-0.15, -0.1) is 0 Å². The summed E-state index contributed by atoms with van der Waals surface area (Å²) in [6.07, 6.45) is 3.54. The van der Waals surface area contributed by atoms with Gasteiger partial charge in [-0.3, -0.25) is 9.36 Å². The number of benzene rings is 2. The molecule has 5 rings (SSSR count). The van der Waals surface area contributed by atoms with E-state index in [1.165, 1.54) is 4.68 Å². The van der Waals surface area contributed by atoms with Gasteiger partial charge in [-0.05, 0) is 36.8 Å². The molecular weight excluding hydrogens is 376 g/mol. The zero-order chi connectivity index (χ0) is 20.7. The van der Waals surface area contributed by atoms with E-state index in [2.05, 4.69) is 17.2 Å². The highest BCUT2D eigenvalue weighted by Gasteiger charge is 2.54. The lowest BCUT2D eigenvalue weighted by Gasteiger charge is -2.29. The molecule has 0 spiro atoms. The first-order chi connectivity index (χ1) is 14.6. The first-order valence-electron chi connectivity index (χ1n) is 10.6. The molecule has 3 aromatic rings. The highest BCUT2D eigenvalue weighted by molar-refractivity contribution is 5.91. The third kappa shape index (κ3) is 3.07. The van der Waals surface area contributed by atoms with Gasteiger partial charge in [0.2, 0.25) is 5.91 Å². The quantitative estimate of drug-likeness (QED) is 0.659. The molecule has 1 aromatic heterocycles. The molecule has 1 unspecified atom stereocenters. The summed E-state index contributed by atoms with van der Waals surface area (Å²) >= 11 is 0. The fraction of sp³-hybridized carbons (Fsp3) is 0.375. The van der Waals surface area contributed by atoms with Crippen molar-refractivity contribution in [3.05, 3.63) is 88.1 Å². The number of likely N-dealkylation sites (tertiary alicyclic amines) is 1. The van der Waals surface area contributed by atoms with E-state index in [-0.39, 0.29) is 17.6 Å². The topological polar surface area (TPSA) is 60.1 Å². The van der Waals surface area contributed by atoms with Gasteiger partial charge in [0.05, 0.1) is 18.0 Å². The zero-order valence-electron chi connectivity index (χ0n) is 17.2. The first kappa shape index (κ1) is 18.9. The first-order valence-corrected chi connectivity index (χ1v) is 10.6. The number of rotatable bonds is 5. The van der Waals surface area contributed by atoms with Gasteiger partial charge in [0.15, 0.2) is 5.82 Å². The molecule has 1 aliphatic carbocycles. The van der Waals surface area contributed by atoms with Gasteiger partial charge in [-0.1, -0.05) is 60.7 Å². The molecule has 0 bridgehead atoms. The molecule has 6 nitrogen and oxygen atoms in total. The molecule has 1 saturated carbocycles. The van der Waals surface area contributed by atoms with Crippen LogP contribution in [0.1, 0.15) is 48.7 Å². The predicted molar refractivity (Wildman–Crippen MR) is 114 cm³/mol. The Morgan fingerprint density at radius 2 is 1.73 bits per heavy atom. The standard InChI is InChI=1S/C24H26N4O2/c1-26-23(30)28(17-18-9-4-2-5-10-18)21(25-26)20-13-8-16-27(20)22(29)24(14-15-24)19-11-6-3-7-12-19/h2-7,9-12,20H,8,13-17H2,1H3. The molecule has 2 fully saturated rings. The second kappa shape index (κ2) is 7.27. The van der Waals surface area contributed by atoms with Crippen molar-refractivity contribution in [1.82, 2.24) is 19.2 Å². The number of carbonyl (C=O) groups excluding carboxylic acids is 1. The Morgan fingerprint density at radius 3 is 2.40 bits per heavy atom. The van der Waals surface area contributed by atoms with Crippen molar-refractivity contribution in [2.75, 3.05) is 6.54 Å². The van der Waals surface area contributed by atoms with Crippen molar-refractivity contribution in [1.29, 1.82) is 0 Å². The molecule has 1 atom stereocenters.